The van der Waals surface area contributed by atoms with Gasteiger partial charge in [0.2, 0.25) is 0 Å². The maximum atomic E-state index is 6.79. The summed E-state index contributed by atoms with van der Waals surface area (Å²) in [4.78, 5) is 0. The highest BCUT2D eigenvalue weighted by atomic mass is 16.3. The summed E-state index contributed by atoms with van der Waals surface area (Å²) < 4.78 is 11.5. The number of aromatic nitrogens is 2. The van der Waals surface area contributed by atoms with Crippen LogP contribution in [0.5, 0.6) is 0 Å². The van der Waals surface area contributed by atoms with Crippen molar-refractivity contribution < 1.29 is 4.42 Å². The Morgan fingerprint density at radius 1 is 0.400 bits per heavy atom. The molecule has 210 valence electrons. The first-order chi connectivity index (χ1) is 22.3. The molecule has 0 fully saturated rings. The third-order valence-corrected chi connectivity index (χ3v) is 9.29. The molecule has 45 heavy (non-hydrogen) atoms. The predicted octanol–water partition coefficient (Wildman–Crippen LogP) is 11.4. The Bertz CT molecular complexity index is 2740. The first kappa shape index (κ1) is 24.4. The second-order valence-electron chi connectivity index (χ2n) is 11.7. The summed E-state index contributed by atoms with van der Waals surface area (Å²) in [6.45, 7) is 0. The van der Waals surface area contributed by atoms with Crippen LogP contribution in [0.25, 0.3) is 88.1 Å². The van der Waals surface area contributed by atoms with Gasteiger partial charge in [-0.2, -0.15) is 0 Å². The van der Waals surface area contributed by atoms with Gasteiger partial charge in [0.05, 0.1) is 27.5 Å². The van der Waals surface area contributed by atoms with E-state index in [1.54, 1.807) is 0 Å². The minimum atomic E-state index is 0.896. The molecule has 0 bridgehead atoms. The minimum absolute atomic E-state index is 0.896. The quantitative estimate of drug-likeness (QED) is 0.206. The molecule has 0 N–H and O–H groups in total. The molecule has 0 saturated carbocycles. The molecule has 0 aliphatic rings. The van der Waals surface area contributed by atoms with E-state index in [2.05, 4.69) is 167 Å². The summed E-state index contributed by atoms with van der Waals surface area (Å²) in [5, 5.41) is 7.18. The molecule has 0 aliphatic heterocycles. The summed E-state index contributed by atoms with van der Waals surface area (Å²) in [6.07, 6.45) is 0. The van der Waals surface area contributed by atoms with Crippen LogP contribution in [0, 0.1) is 0 Å². The van der Waals surface area contributed by atoms with Gasteiger partial charge < -0.3 is 13.6 Å². The zero-order chi connectivity index (χ0) is 29.5. The number of nitrogens with zero attached hydrogens (tertiary/aromatic N) is 2. The third kappa shape index (κ3) is 3.41. The van der Waals surface area contributed by atoms with Crippen LogP contribution in [-0.4, -0.2) is 9.13 Å². The lowest BCUT2D eigenvalue weighted by molar-refractivity contribution is 0.670. The molecule has 3 nitrogen and oxygen atoms in total. The summed E-state index contributed by atoms with van der Waals surface area (Å²) in [5.74, 6) is 0. The van der Waals surface area contributed by atoms with E-state index < -0.39 is 0 Å². The Balaban J connectivity index is 1.35. The smallest absolute Gasteiger partial charge is 0.145 e. The Kier molecular flexibility index (Phi) is 5.00. The lowest BCUT2D eigenvalue weighted by Crippen LogP contribution is -1.94. The van der Waals surface area contributed by atoms with Crippen molar-refractivity contribution in [3.8, 4) is 22.5 Å². The van der Waals surface area contributed by atoms with Crippen LogP contribution in [0.1, 0.15) is 0 Å². The van der Waals surface area contributed by atoms with Crippen molar-refractivity contribution in [2.45, 2.75) is 0 Å². The molecule has 3 heteroatoms. The minimum Gasteiger partial charge on any atom is -0.455 e. The Morgan fingerprint density at radius 2 is 0.956 bits per heavy atom. The van der Waals surface area contributed by atoms with E-state index in [0.717, 1.165) is 44.4 Å². The molecule has 10 rings (SSSR count). The van der Waals surface area contributed by atoms with Gasteiger partial charge in [-0.25, -0.2) is 0 Å². The van der Waals surface area contributed by atoms with Crippen LogP contribution >= 0.6 is 0 Å². The maximum Gasteiger partial charge on any atom is 0.145 e. The molecule has 0 saturated heterocycles. The normalized spacial score (nSPS) is 12.0. The van der Waals surface area contributed by atoms with E-state index >= 15 is 0 Å². The van der Waals surface area contributed by atoms with Gasteiger partial charge in [-0.15, -0.1) is 0 Å². The Morgan fingerprint density at radius 3 is 1.69 bits per heavy atom. The van der Waals surface area contributed by atoms with Crippen molar-refractivity contribution in [1.82, 2.24) is 9.13 Å². The Labute approximate surface area is 258 Å². The van der Waals surface area contributed by atoms with Gasteiger partial charge in [0, 0.05) is 43.9 Å². The monoisotopic (exact) mass is 574 g/mol. The molecule has 0 atom stereocenters. The van der Waals surface area contributed by atoms with Crippen LogP contribution < -0.4 is 0 Å². The molecule has 0 aliphatic carbocycles. The molecule has 0 radical (unpaired) electrons. The van der Waals surface area contributed by atoms with Crippen molar-refractivity contribution in [3.05, 3.63) is 158 Å². The highest BCUT2D eigenvalue weighted by Gasteiger charge is 2.23. The fourth-order valence-electron chi connectivity index (χ4n) is 7.39. The van der Waals surface area contributed by atoms with Crippen molar-refractivity contribution >= 4 is 65.6 Å². The van der Waals surface area contributed by atoms with Crippen LogP contribution in [0.4, 0.5) is 0 Å². The predicted molar refractivity (Wildman–Crippen MR) is 188 cm³/mol. The molecule has 0 unspecified atom stereocenters. The number of hydrogen-bond donors (Lipinski definition) is 0. The molecule has 3 heterocycles. The highest BCUT2D eigenvalue weighted by Crippen LogP contribution is 2.46. The molecular formula is C42H26N2O. The van der Waals surface area contributed by atoms with E-state index in [4.69, 9.17) is 4.42 Å². The van der Waals surface area contributed by atoms with Gasteiger partial charge in [-0.05, 0) is 66.2 Å². The number of rotatable bonds is 3. The maximum absolute atomic E-state index is 6.79. The van der Waals surface area contributed by atoms with Crippen molar-refractivity contribution in [3.63, 3.8) is 0 Å². The fourth-order valence-corrected chi connectivity index (χ4v) is 7.39. The standard InChI is InChI=1S/C42H26N2O/c1-3-13-28(14-4-1)43-36-20-10-7-17-30(36)34-25-27(23-24-38(34)43)33-26-35-31-18-8-11-21-37(31)44(29-15-5-2-6-16-29)41(35)40-32-19-9-12-22-39(32)45-42(33)40/h1-26H. The van der Waals surface area contributed by atoms with Gasteiger partial charge in [-0.1, -0.05) is 97.1 Å². The van der Waals surface area contributed by atoms with E-state index in [1.165, 1.54) is 43.6 Å². The summed E-state index contributed by atoms with van der Waals surface area (Å²) >= 11 is 0. The Hall–Kier alpha value is -6.06. The van der Waals surface area contributed by atoms with Crippen LogP contribution in [0.15, 0.2) is 162 Å². The average molecular weight is 575 g/mol. The second kappa shape index (κ2) is 9.22. The van der Waals surface area contributed by atoms with Crippen molar-refractivity contribution in [2.75, 3.05) is 0 Å². The van der Waals surface area contributed by atoms with E-state index in [-0.39, 0.29) is 0 Å². The van der Waals surface area contributed by atoms with Gasteiger partial charge in [0.15, 0.2) is 0 Å². The summed E-state index contributed by atoms with van der Waals surface area (Å²) in [6, 6.07) is 56.3. The molecular weight excluding hydrogens is 548 g/mol. The summed E-state index contributed by atoms with van der Waals surface area (Å²) in [5.41, 5.74) is 11.1. The van der Waals surface area contributed by atoms with Crippen LogP contribution in [0.3, 0.4) is 0 Å². The SMILES string of the molecule is c1ccc(-n2c3ccccc3c3cc(-c4cc5c6ccccc6n(-c6ccccc6)c5c5c4oc4ccccc45)ccc32)cc1. The zero-order valence-corrected chi connectivity index (χ0v) is 24.3. The molecule has 7 aromatic carbocycles. The average Bonchev–Trinajstić information content (AvgIpc) is 3.76. The number of fused-ring (bicyclic) bond motifs is 10. The third-order valence-electron chi connectivity index (χ3n) is 9.29. The fraction of sp³-hybridized carbons (Fsp3) is 0. The molecule has 0 amide bonds. The van der Waals surface area contributed by atoms with E-state index in [0.29, 0.717) is 0 Å². The number of para-hydroxylation sites is 5. The van der Waals surface area contributed by atoms with Crippen LogP contribution in [-0.2, 0) is 0 Å². The first-order valence-corrected chi connectivity index (χ1v) is 15.4. The number of hydrogen-bond acceptors (Lipinski definition) is 1. The highest BCUT2D eigenvalue weighted by molar-refractivity contribution is 6.27. The van der Waals surface area contributed by atoms with Gasteiger partial charge in [0.1, 0.15) is 11.2 Å². The lowest BCUT2D eigenvalue weighted by atomic mass is 9.97. The lowest BCUT2D eigenvalue weighted by Gasteiger charge is -2.11. The van der Waals surface area contributed by atoms with E-state index in [1.807, 2.05) is 0 Å². The molecule has 10 aromatic rings. The number of furan rings is 1. The molecule has 3 aromatic heterocycles. The number of benzene rings is 7. The summed E-state index contributed by atoms with van der Waals surface area (Å²) in [7, 11) is 0. The van der Waals surface area contributed by atoms with Gasteiger partial charge >= 0.3 is 0 Å². The van der Waals surface area contributed by atoms with Crippen LogP contribution in [0.2, 0.25) is 0 Å². The van der Waals surface area contributed by atoms with Gasteiger partial charge in [0.25, 0.3) is 0 Å². The van der Waals surface area contributed by atoms with Crippen molar-refractivity contribution in [1.29, 1.82) is 0 Å². The topological polar surface area (TPSA) is 23.0 Å². The molecule has 0 spiro atoms. The van der Waals surface area contributed by atoms with E-state index in [9.17, 15) is 0 Å². The first-order valence-electron chi connectivity index (χ1n) is 15.4. The zero-order valence-electron chi connectivity index (χ0n) is 24.3. The second-order valence-corrected chi connectivity index (χ2v) is 11.7. The van der Waals surface area contributed by atoms with Crippen molar-refractivity contribution in [2.24, 2.45) is 0 Å². The largest absolute Gasteiger partial charge is 0.455 e. The van der Waals surface area contributed by atoms with Gasteiger partial charge in [-0.3, -0.25) is 0 Å².